The molecular weight excluding hydrogens is 563 g/mol. The minimum Gasteiger partial charge on any atom is -0.404 e. The Balaban J connectivity index is 1.26. The van der Waals surface area contributed by atoms with Gasteiger partial charge in [0.05, 0.1) is 17.6 Å². The van der Waals surface area contributed by atoms with Crippen molar-refractivity contribution >= 4 is 25.0 Å². The first kappa shape index (κ1) is 32.4. The quantitative estimate of drug-likeness (QED) is 0.0621. The van der Waals surface area contributed by atoms with Crippen LogP contribution < -0.4 is 21.4 Å². The maximum atomic E-state index is 13.9. The lowest BCUT2D eigenvalue weighted by molar-refractivity contribution is -0.627. The van der Waals surface area contributed by atoms with Crippen molar-refractivity contribution in [2.45, 2.75) is 104 Å². The normalized spacial score (nSPS) is 29.8. The van der Waals surface area contributed by atoms with E-state index in [9.17, 15) is 19.7 Å². The van der Waals surface area contributed by atoms with Gasteiger partial charge in [-0.1, -0.05) is 58.0 Å². The van der Waals surface area contributed by atoms with Crippen LogP contribution in [0.15, 0.2) is 35.9 Å². The van der Waals surface area contributed by atoms with Gasteiger partial charge in [0.2, 0.25) is 18.1 Å². The molecule has 2 heterocycles. The van der Waals surface area contributed by atoms with Crippen molar-refractivity contribution in [1.82, 2.24) is 26.5 Å². The third-order valence-electron chi connectivity index (χ3n) is 10.1. The average molecular weight is 611 g/mol. The number of nitro groups is 1. The molecule has 13 heteroatoms. The van der Waals surface area contributed by atoms with E-state index in [1.165, 1.54) is 0 Å². The summed E-state index contributed by atoms with van der Waals surface area (Å²) in [6.07, 6.45) is 4.85. The predicted molar refractivity (Wildman–Crippen MR) is 167 cm³/mol. The van der Waals surface area contributed by atoms with Crippen molar-refractivity contribution in [3.8, 4) is 0 Å². The third-order valence-corrected chi connectivity index (χ3v) is 10.1. The standard InChI is InChI=1S/C31H47BN6O6/c1-19(2)15-26(32-43-25-18-22-17-24(30(22,4)5)31(25,6)44-32)35-28(40)23(13-10-14-33-29-36-37(29)38(41)42)34-27(39)20(3)16-21-11-8-7-9-12-21/h7-9,11-12,16,19,22-26,29,33,36H,10,13-15,17-18H2,1-6H3,(H,34,39)(H,35,40)/t22-,23-,24-,25+,26-,29?,31-,37?/m0/s1. The SMILES string of the molecule is CC(=Cc1ccccc1)C(=O)N[C@@H](CCCNC1NN1[N+](=O)[O-])C(=O)N[C@@H](CC(C)C)B1O[C@@H]2C[C@@H]3C[C@@H](C3(C)C)[C@]2(C)O1. The second kappa shape index (κ2) is 12.8. The Kier molecular flexibility index (Phi) is 9.41. The van der Waals surface area contributed by atoms with E-state index >= 15 is 0 Å². The summed E-state index contributed by atoms with van der Waals surface area (Å²) in [5.41, 5.74) is 3.79. The highest BCUT2D eigenvalue weighted by Gasteiger charge is 2.68. The van der Waals surface area contributed by atoms with Gasteiger partial charge in [0.25, 0.3) is 0 Å². The molecule has 7 atom stereocenters. The second-order valence-electron chi connectivity index (χ2n) is 14.1. The molecule has 1 unspecified atom stereocenters. The lowest BCUT2D eigenvalue weighted by atomic mass is 9.43. The first-order chi connectivity index (χ1) is 20.8. The van der Waals surface area contributed by atoms with E-state index in [0.717, 1.165) is 23.5 Å². The molecule has 240 valence electrons. The number of hydrogen-bond acceptors (Lipinski definition) is 8. The summed E-state index contributed by atoms with van der Waals surface area (Å²) in [5.74, 6) is 0.287. The summed E-state index contributed by atoms with van der Waals surface area (Å²) in [4.78, 5) is 38.0. The van der Waals surface area contributed by atoms with E-state index < -0.39 is 30.1 Å². The summed E-state index contributed by atoms with van der Waals surface area (Å²) < 4.78 is 13.3. The Morgan fingerprint density at radius 2 is 1.93 bits per heavy atom. The largest absolute Gasteiger partial charge is 0.481 e. The molecule has 2 saturated heterocycles. The van der Waals surface area contributed by atoms with Gasteiger partial charge in [-0.25, -0.2) is 10.1 Å². The number of rotatable bonds is 14. The van der Waals surface area contributed by atoms with Gasteiger partial charge in [0.1, 0.15) is 6.04 Å². The fraction of sp³-hybridized carbons (Fsp3) is 0.677. The molecule has 0 radical (unpaired) electrons. The minimum atomic E-state index is -0.817. The van der Waals surface area contributed by atoms with Crippen LogP contribution in [0.5, 0.6) is 0 Å². The molecule has 5 fully saturated rings. The molecule has 4 N–H and O–H groups in total. The van der Waals surface area contributed by atoms with Crippen molar-refractivity contribution in [3.05, 3.63) is 51.6 Å². The van der Waals surface area contributed by atoms with Crippen LogP contribution >= 0.6 is 0 Å². The number of carbonyl (C=O) groups is 2. The highest BCUT2D eigenvalue weighted by molar-refractivity contribution is 6.48. The van der Waals surface area contributed by atoms with Crippen LogP contribution in [-0.4, -0.2) is 65.6 Å². The Morgan fingerprint density at radius 3 is 2.57 bits per heavy atom. The number of carbonyl (C=O) groups excluding carboxylic acids is 2. The third kappa shape index (κ3) is 6.80. The highest BCUT2D eigenvalue weighted by atomic mass is 16.7. The molecule has 1 aromatic rings. The van der Waals surface area contributed by atoms with Crippen LogP contribution in [0.2, 0.25) is 0 Å². The van der Waals surface area contributed by atoms with Crippen molar-refractivity contribution < 1.29 is 23.9 Å². The van der Waals surface area contributed by atoms with E-state index in [2.05, 4.69) is 56.0 Å². The molecular formula is C31H47BN6O6. The first-order valence-corrected chi connectivity index (χ1v) is 15.9. The van der Waals surface area contributed by atoms with Crippen LogP contribution in [0.4, 0.5) is 0 Å². The number of amides is 2. The lowest BCUT2D eigenvalue weighted by Crippen LogP contribution is -2.65. The Morgan fingerprint density at radius 1 is 1.20 bits per heavy atom. The number of benzene rings is 1. The smallest absolute Gasteiger partial charge is 0.404 e. The van der Waals surface area contributed by atoms with E-state index in [4.69, 9.17) is 9.31 Å². The number of hydrogen-bond donors (Lipinski definition) is 4. The maximum Gasteiger partial charge on any atom is 0.481 e. The van der Waals surface area contributed by atoms with Crippen molar-refractivity contribution in [1.29, 1.82) is 0 Å². The van der Waals surface area contributed by atoms with Crippen molar-refractivity contribution in [2.75, 3.05) is 6.54 Å². The molecule has 5 aliphatic rings. The zero-order chi connectivity index (χ0) is 31.8. The average Bonchev–Trinajstić information content (AvgIpc) is 3.65. The van der Waals surface area contributed by atoms with E-state index in [-0.39, 0.29) is 35.2 Å². The van der Waals surface area contributed by atoms with E-state index in [0.29, 0.717) is 43.2 Å². The van der Waals surface area contributed by atoms with Crippen molar-refractivity contribution in [3.63, 3.8) is 0 Å². The van der Waals surface area contributed by atoms with E-state index in [1.807, 2.05) is 30.3 Å². The Bertz CT molecular complexity index is 1260. The van der Waals surface area contributed by atoms with Crippen LogP contribution in [0.3, 0.4) is 0 Å². The summed E-state index contributed by atoms with van der Waals surface area (Å²) in [5, 5.41) is 20.4. The van der Waals surface area contributed by atoms with Gasteiger partial charge in [0, 0.05) is 5.57 Å². The highest BCUT2D eigenvalue weighted by Crippen LogP contribution is 2.65. The van der Waals surface area contributed by atoms with Gasteiger partial charge in [-0.05, 0) is 92.4 Å². The summed E-state index contributed by atoms with van der Waals surface area (Å²) >= 11 is 0. The topological polar surface area (TPSA) is 157 Å². The molecule has 3 aliphatic carbocycles. The summed E-state index contributed by atoms with van der Waals surface area (Å²) in [7, 11) is -0.571. The zero-order valence-electron chi connectivity index (χ0n) is 26.7. The molecule has 2 aliphatic heterocycles. The Labute approximate surface area is 260 Å². The molecule has 3 saturated carbocycles. The fourth-order valence-electron chi connectivity index (χ4n) is 7.42. The fourth-order valence-corrected chi connectivity index (χ4v) is 7.42. The van der Waals surface area contributed by atoms with Crippen LogP contribution in [-0.2, 0) is 18.9 Å². The van der Waals surface area contributed by atoms with Crippen molar-refractivity contribution in [2.24, 2.45) is 23.2 Å². The molecule has 0 aromatic heterocycles. The number of nitrogens with zero attached hydrogens (tertiary/aromatic N) is 2. The monoisotopic (exact) mass is 610 g/mol. The predicted octanol–water partition coefficient (Wildman–Crippen LogP) is 3.04. The number of hydrazine groups is 2. The molecule has 6 rings (SSSR count). The van der Waals surface area contributed by atoms with Gasteiger partial charge in [-0.15, -0.1) is 5.43 Å². The molecule has 0 spiro atoms. The van der Waals surface area contributed by atoms with Gasteiger partial charge >= 0.3 is 7.12 Å². The van der Waals surface area contributed by atoms with Crippen LogP contribution in [0.1, 0.15) is 79.2 Å². The van der Waals surface area contributed by atoms with Gasteiger partial charge in [0.15, 0.2) is 5.03 Å². The van der Waals surface area contributed by atoms with Crippen LogP contribution in [0, 0.1) is 33.3 Å². The van der Waals surface area contributed by atoms with Gasteiger partial charge < -0.3 is 19.9 Å². The molecule has 44 heavy (non-hydrogen) atoms. The molecule has 1 aromatic carbocycles. The molecule has 2 amide bonds. The lowest BCUT2D eigenvalue weighted by Gasteiger charge is -2.64. The maximum absolute atomic E-state index is 13.9. The zero-order valence-corrected chi connectivity index (χ0v) is 26.7. The second-order valence-corrected chi connectivity index (χ2v) is 14.1. The van der Waals surface area contributed by atoms with Gasteiger partial charge in [-0.3, -0.25) is 14.9 Å². The Hall–Kier alpha value is -3.00. The summed E-state index contributed by atoms with van der Waals surface area (Å²) in [6, 6.07) is 8.72. The minimum absolute atomic E-state index is 0.00190. The van der Waals surface area contributed by atoms with Gasteiger partial charge in [-0.2, -0.15) is 0 Å². The van der Waals surface area contributed by atoms with E-state index in [1.54, 1.807) is 13.0 Å². The number of nitrogens with one attached hydrogen (secondary N) is 4. The molecule has 2 bridgehead atoms. The first-order valence-electron chi connectivity index (χ1n) is 15.9. The van der Waals surface area contributed by atoms with Crippen LogP contribution in [0.25, 0.3) is 6.08 Å². The summed E-state index contributed by atoms with van der Waals surface area (Å²) in [6.45, 7) is 13.2. The molecule has 12 nitrogen and oxygen atoms in total.